The molecule has 0 heterocycles. The van der Waals surface area contributed by atoms with Gasteiger partial charge < -0.3 is 11.1 Å². The van der Waals surface area contributed by atoms with Gasteiger partial charge >= 0.3 is 0 Å². The van der Waals surface area contributed by atoms with Crippen LogP contribution in [0.2, 0.25) is 0 Å². The van der Waals surface area contributed by atoms with Crippen molar-refractivity contribution in [2.75, 3.05) is 13.1 Å². The van der Waals surface area contributed by atoms with Gasteiger partial charge in [0.15, 0.2) is 0 Å². The van der Waals surface area contributed by atoms with Gasteiger partial charge in [-0.15, -0.1) is 0 Å². The minimum Gasteiger partial charge on any atom is -0.354 e. The Morgan fingerprint density at radius 3 is 2.47 bits per heavy atom. The van der Waals surface area contributed by atoms with E-state index in [4.69, 9.17) is 5.73 Å². The molecule has 4 aliphatic rings. The number of amides is 1. The first kappa shape index (κ1) is 11.5. The molecule has 3 N–H and O–H groups in total. The molecule has 3 heteroatoms. The predicted molar refractivity (Wildman–Crippen MR) is 67.3 cm³/mol. The van der Waals surface area contributed by atoms with Crippen molar-refractivity contribution in [2.45, 2.75) is 45.4 Å². The molecule has 3 nitrogen and oxygen atoms in total. The molecule has 4 aliphatic carbocycles. The molecule has 4 bridgehead atoms. The van der Waals surface area contributed by atoms with Crippen molar-refractivity contribution in [3.8, 4) is 0 Å². The van der Waals surface area contributed by atoms with Crippen LogP contribution in [0.25, 0.3) is 0 Å². The summed E-state index contributed by atoms with van der Waals surface area (Å²) in [4.78, 5) is 12.4. The van der Waals surface area contributed by atoms with E-state index in [9.17, 15) is 4.79 Å². The Balaban J connectivity index is 1.81. The van der Waals surface area contributed by atoms with E-state index < -0.39 is 0 Å². The first-order chi connectivity index (χ1) is 8.05. The third-order valence-electron chi connectivity index (χ3n) is 5.27. The third-order valence-corrected chi connectivity index (χ3v) is 5.27. The van der Waals surface area contributed by atoms with E-state index >= 15 is 0 Å². The van der Waals surface area contributed by atoms with E-state index in [0.717, 1.165) is 31.1 Å². The van der Waals surface area contributed by atoms with Gasteiger partial charge in [-0.25, -0.2) is 0 Å². The van der Waals surface area contributed by atoms with Crippen LogP contribution in [-0.2, 0) is 4.79 Å². The van der Waals surface area contributed by atoms with Gasteiger partial charge in [0, 0.05) is 13.1 Å². The van der Waals surface area contributed by atoms with Crippen molar-refractivity contribution in [3.63, 3.8) is 0 Å². The van der Waals surface area contributed by atoms with Gasteiger partial charge in [-0.2, -0.15) is 0 Å². The zero-order valence-corrected chi connectivity index (χ0v) is 10.8. The normalized spacial score (nSPS) is 47.2. The summed E-state index contributed by atoms with van der Waals surface area (Å²) < 4.78 is 0. The maximum atomic E-state index is 12.4. The summed E-state index contributed by atoms with van der Waals surface area (Å²) in [6, 6.07) is 0. The number of hydrogen-bond acceptors (Lipinski definition) is 2. The molecule has 0 radical (unpaired) electrons. The van der Waals surface area contributed by atoms with Crippen molar-refractivity contribution in [2.24, 2.45) is 28.4 Å². The fraction of sp³-hybridized carbons (Fsp3) is 0.929. The molecule has 1 amide bonds. The van der Waals surface area contributed by atoms with E-state index in [0.29, 0.717) is 24.4 Å². The van der Waals surface area contributed by atoms with Crippen LogP contribution < -0.4 is 11.1 Å². The summed E-state index contributed by atoms with van der Waals surface area (Å²) in [7, 11) is 0. The van der Waals surface area contributed by atoms with Gasteiger partial charge in [0.25, 0.3) is 0 Å². The smallest absolute Gasteiger partial charge is 0.226 e. The monoisotopic (exact) mass is 236 g/mol. The van der Waals surface area contributed by atoms with E-state index in [1.165, 1.54) is 19.3 Å². The van der Waals surface area contributed by atoms with Gasteiger partial charge in [0.05, 0.1) is 5.41 Å². The highest BCUT2D eigenvalue weighted by atomic mass is 16.2. The number of nitrogens with two attached hydrogens (primary N) is 1. The van der Waals surface area contributed by atoms with Crippen LogP contribution in [0.5, 0.6) is 0 Å². The summed E-state index contributed by atoms with van der Waals surface area (Å²) in [5, 5.41) is 3.04. The summed E-state index contributed by atoms with van der Waals surface area (Å²) >= 11 is 0. The second-order valence-corrected chi connectivity index (χ2v) is 7.10. The van der Waals surface area contributed by atoms with E-state index in [-0.39, 0.29) is 5.41 Å². The largest absolute Gasteiger partial charge is 0.354 e. The molecule has 4 fully saturated rings. The van der Waals surface area contributed by atoms with Crippen molar-refractivity contribution in [1.29, 1.82) is 0 Å². The minimum absolute atomic E-state index is 0.0337. The highest BCUT2D eigenvalue weighted by molar-refractivity contribution is 5.83. The van der Waals surface area contributed by atoms with Gasteiger partial charge in [0.2, 0.25) is 5.91 Å². The van der Waals surface area contributed by atoms with Gasteiger partial charge in [-0.05, 0) is 55.8 Å². The third kappa shape index (κ3) is 1.79. The molecule has 0 spiro atoms. The minimum atomic E-state index is -0.0337. The molecule has 4 saturated carbocycles. The SMILES string of the molecule is CC12CC3CC(C1)CC(C(=O)NCCN)(C3)C2. The average Bonchev–Trinajstić information content (AvgIpc) is 2.22. The number of rotatable bonds is 3. The van der Waals surface area contributed by atoms with Crippen molar-refractivity contribution >= 4 is 5.91 Å². The molecular formula is C14H24N2O. The van der Waals surface area contributed by atoms with E-state index in [1.54, 1.807) is 0 Å². The predicted octanol–water partition coefficient (Wildman–Crippen LogP) is 1.67. The van der Waals surface area contributed by atoms with E-state index in [2.05, 4.69) is 12.2 Å². The molecule has 2 unspecified atom stereocenters. The van der Waals surface area contributed by atoms with Gasteiger partial charge in [-0.1, -0.05) is 6.92 Å². The van der Waals surface area contributed by atoms with Crippen LogP contribution in [0.4, 0.5) is 0 Å². The summed E-state index contributed by atoms with van der Waals surface area (Å²) in [6.45, 7) is 3.58. The summed E-state index contributed by atoms with van der Waals surface area (Å²) in [5.74, 6) is 1.91. The molecule has 0 aliphatic heterocycles. The first-order valence-corrected chi connectivity index (χ1v) is 7.04. The summed E-state index contributed by atoms with van der Waals surface area (Å²) in [6.07, 6.45) is 7.47. The fourth-order valence-corrected chi connectivity index (χ4v) is 5.36. The van der Waals surface area contributed by atoms with Crippen LogP contribution in [0, 0.1) is 22.7 Å². The lowest BCUT2D eigenvalue weighted by Gasteiger charge is -2.60. The lowest BCUT2D eigenvalue weighted by atomic mass is 9.44. The molecule has 0 aromatic carbocycles. The maximum Gasteiger partial charge on any atom is 0.226 e. The Morgan fingerprint density at radius 1 is 1.29 bits per heavy atom. The Bertz CT molecular complexity index is 325. The Hall–Kier alpha value is -0.570. The number of nitrogens with one attached hydrogen (secondary N) is 1. The van der Waals surface area contributed by atoms with Crippen molar-refractivity contribution in [3.05, 3.63) is 0 Å². The maximum absolute atomic E-state index is 12.4. The van der Waals surface area contributed by atoms with Crippen molar-refractivity contribution < 1.29 is 4.79 Å². The van der Waals surface area contributed by atoms with E-state index in [1.807, 2.05) is 0 Å². The average molecular weight is 236 g/mol. The van der Waals surface area contributed by atoms with Crippen molar-refractivity contribution in [1.82, 2.24) is 5.32 Å². The molecule has 0 saturated heterocycles. The second-order valence-electron chi connectivity index (χ2n) is 7.10. The number of carbonyl (C=O) groups excluding carboxylic acids is 1. The van der Waals surface area contributed by atoms with Gasteiger partial charge in [-0.3, -0.25) is 4.79 Å². The Morgan fingerprint density at radius 2 is 1.94 bits per heavy atom. The lowest BCUT2D eigenvalue weighted by Crippen LogP contribution is -2.57. The van der Waals surface area contributed by atoms with Crippen LogP contribution >= 0.6 is 0 Å². The van der Waals surface area contributed by atoms with Crippen LogP contribution in [-0.4, -0.2) is 19.0 Å². The van der Waals surface area contributed by atoms with Crippen LogP contribution in [0.15, 0.2) is 0 Å². The topological polar surface area (TPSA) is 55.1 Å². The quantitative estimate of drug-likeness (QED) is 0.783. The molecule has 0 aromatic heterocycles. The zero-order valence-electron chi connectivity index (χ0n) is 10.8. The molecule has 96 valence electrons. The molecule has 0 aromatic rings. The molecule has 4 rings (SSSR count). The lowest BCUT2D eigenvalue weighted by molar-refractivity contribution is -0.155. The fourth-order valence-electron chi connectivity index (χ4n) is 5.36. The highest BCUT2D eigenvalue weighted by Gasteiger charge is 2.58. The molecule has 2 atom stereocenters. The van der Waals surface area contributed by atoms with Crippen LogP contribution in [0.1, 0.15) is 45.4 Å². The second kappa shape index (κ2) is 3.71. The summed E-state index contributed by atoms with van der Waals surface area (Å²) in [5.41, 5.74) is 5.89. The Labute approximate surface area is 104 Å². The Kier molecular flexibility index (Phi) is 2.51. The molecule has 17 heavy (non-hydrogen) atoms. The molecular weight excluding hydrogens is 212 g/mol. The zero-order chi connectivity index (χ0) is 12.1. The highest BCUT2D eigenvalue weighted by Crippen LogP contribution is 2.65. The van der Waals surface area contributed by atoms with Gasteiger partial charge in [0.1, 0.15) is 0 Å². The van der Waals surface area contributed by atoms with Crippen LogP contribution in [0.3, 0.4) is 0 Å². The first-order valence-electron chi connectivity index (χ1n) is 7.04. The number of carbonyl (C=O) groups is 1. The standard InChI is InChI=1S/C14H24N2O/c1-13-5-10-4-11(6-13)8-14(7-10,9-13)12(17)16-3-2-15/h10-11H,2-9,15H2,1H3,(H,16,17). The number of hydrogen-bond donors (Lipinski definition) is 2.